The SMILES string of the molecule is COc1c(O)cc(Cl)c(C)c1C1CC(C(=O)O)CN1. The van der Waals surface area contributed by atoms with E-state index in [0.29, 0.717) is 23.7 Å². The van der Waals surface area contributed by atoms with Crippen LogP contribution >= 0.6 is 11.6 Å². The highest BCUT2D eigenvalue weighted by molar-refractivity contribution is 6.31. The predicted octanol–water partition coefficient (Wildman–Crippen LogP) is 2.10. The summed E-state index contributed by atoms with van der Waals surface area (Å²) in [5.41, 5.74) is 1.52. The third kappa shape index (κ3) is 2.48. The molecule has 5 nitrogen and oxygen atoms in total. The molecule has 1 heterocycles. The fourth-order valence-electron chi connectivity index (χ4n) is 2.51. The van der Waals surface area contributed by atoms with E-state index < -0.39 is 11.9 Å². The van der Waals surface area contributed by atoms with Crippen molar-refractivity contribution in [3.05, 3.63) is 22.2 Å². The molecule has 2 atom stereocenters. The fraction of sp³-hybridized carbons (Fsp3) is 0.462. The normalized spacial score (nSPS) is 22.5. The summed E-state index contributed by atoms with van der Waals surface area (Å²) in [5.74, 6) is -0.938. The molecule has 2 rings (SSSR count). The lowest BCUT2D eigenvalue weighted by Gasteiger charge is -2.19. The van der Waals surface area contributed by atoms with Gasteiger partial charge in [-0.15, -0.1) is 0 Å². The fourth-order valence-corrected chi connectivity index (χ4v) is 2.71. The van der Waals surface area contributed by atoms with Gasteiger partial charge in [0, 0.05) is 29.2 Å². The third-order valence-corrected chi connectivity index (χ3v) is 3.93. The standard InChI is InChI=1S/C13H16ClNO4/c1-6-8(14)4-10(16)12(19-2)11(6)9-3-7(5-15-9)13(17)18/h4,7,9,15-16H,3,5H2,1-2H3,(H,17,18). The Morgan fingerprint density at radius 1 is 1.58 bits per heavy atom. The van der Waals surface area contributed by atoms with Gasteiger partial charge in [0.2, 0.25) is 0 Å². The first kappa shape index (κ1) is 14.0. The van der Waals surface area contributed by atoms with Crippen molar-refractivity contribution in [2.45, 2.75) is 19.4 Å². The molecule has 104 valence electrons. The highest BCUT2D eigenvalue weighted by Crippen LogP contribution is 2.43. The molecule has 19 heavy (non-hydrogen) atoms. The predicted molar refractivity (Wildman–Crippen MR) is 70.9 cm³/mol. The van der Waals surface area contributed by atoms with Crippen molar-refractivity contribution in [1.82, 2.24) is 5.32 Å². The minimum absolute atomic E-state index is 0.0336. The van der Waals surface area contributed by atoms with Crippen molar-refractivity contribution in [3.63, 3.8) is 0 Å². The number of carbonyl (C=O) groups is 1. The van der Waals surface area contributed by atoms with Gasteiger partial charge < -0.3 is 20.3 Å². The van der Waals surface area contributed by atoms with E-state index in [1.54, 1.807) is 0 Å². The van der Waals surface area contributed by atoms with Gasteiger partial charge in [-0.2, -0.15) is 0 Å². The number of carboxylic acids is 1. The average molecular weight is 286 g/mol. The topological polar surface area (TPSA) is 78.8 Å². The number of carboxylic acid groups (broad SMARTS) is 1. The number of halogens is 1. The zero-order valence-electron chi connectivity index (χ0n) is 10.7. The van der Waals surface area contributed by atoms with E-state index in [1.807, 2.05) is 6.92 Å². The zero-order valence-corrected chi connectivity index (χ0v) is 11.5. The molecule has 0 aromatic heterocycles. The quantitative estimate of drug-likeness (QED) is 0.793. The van der Waals surface area contributed by atoms with Gasteiger partial charge in [-0.25, -0.2) is 0 Å². The van der Waals surface area contributed by atoms with E-state index in [9.17, 15) is 9.90 Å². The van der Waals surface area contributed by atoms with Gasteiger partial charge in [0.1, 0.15) is 0 Å². The van der Waals surface area contributed by atoms with Gasteiger partial charge in [-0.05, 0) is 18.9 Å². The number of rotatable bonds is 3. The maximum Gasteiger partial charge on any atom is 0.307 e. The van der Waals surface area contributed by atoms with E-state index in [2.05, 4.69) is 5.32 Å². The first-order chi connectivity index (χ1) is 8.95. The monoisotopic (exact) mass is 285 g/mol. The lowest BCUT2D eigenvalue weighted by atomic mass is 9.95. The van der Waals surface area contributed by atoms with Crippen molar-refractivity contribution in [1.29, 1.82) is 0 Å². The molecular formula is C13H16ClNO4. The molecule has 1 aromatic carbocycles. The van der Waals surface area contributed by atoms with Crippen molar-refractivity contribution >= 4 is 17.6 Å². The number of phenolic OH excluding ortho intramolecular Hbond substituents is 1. The largest absolute Gasteiger partial charge is 0.504 e. The van der Waals surface area contributed by atoms with Crippen LogP contribution in [0.3, 0.4) is 0 Å². The number of methoxy groups -OCH3 is 1. The van der Waals surface area contributed by atoms with Crippen LogP contribution in [-0.2, 0) is 4.79 Å². The van der Waals surface area contributed by atoms with E-state index >= 15 is 0 Å². The molecule has 1 fully saturated rings. The number of hydrogen-bond donors (Lipinski definition) is 3. The minimum Gasteiger partial charge on any atom is -0.504 e. The molecule has 0 aliphatic carbocycles. The Kier molecular flexibility index (Phi) is 3.87. The van der Waals surface area contributed by atoms with Gasteiger partial charge >= 0.3 is 5.97 Å². The second kappa shape index (κ2) is 5.27. The maximum absolute atomic E-state index is 11.0. The lowest BCUT2D eigenvalue weighted by molar-refractivity contribution is -0.141. The second-order valence-corrected chi connectivity index (χ2v) is 5.09. The third-order valence-electron chi connectivity index (χ3n) is 3.54. The Balaban J connectivity index is 2.42. The van der Waals surface area contributed by atoms with Gasteiger partial charge in [0.15, 0.2) is 11.5 Å². The Bertz CT molecular complexity index is 518. The van der Waals surface area contributed by atoms with Crippen LogP contribution in [0.5, 0.6) is 11.5 Å². The summed E-state index contributed by atoms with van der Waals surface area (Å²) in [4.78, 5) is 11.0. The Morgan fingerprint density at radius 2 is 2.26 bits per heavy atom. The molecule has 1 aliphatic heterocycles. The number of hydrogen-bond acceptors (Lipinski definition) is 4. The summed E-state index contributed by atoms with van der Waals surface area (Å²) in [5, 5.41) is 22.5. The summed E-state index contributed by atoms with van der Waals surface area (Å²) < 4.78 is 5.22. The molecule has 0 saturated carbocycles. The molecule has 1 aliphatic rings. The smallest absolute Gasteiger partial charge is 0.307 e. The molecule has 0 amide bonds. The van der Waals surface area contributed by atoms with E-state index in [4.69, 9.17) is 21.4 Å². The number of aromatic hydroxyl groups is 1. The number of ether oxygens (including phenoxy) is 1. The summed E-state index contributed by atoms with van der Waals surface area (Å²) in [6, 6.07) is 1.25. The average Bonchev–Trinajstić information content (AvgIpc) is 2.82. The molecular weight excluding hydrogens is 270 g/mol. The van der Waals surface area contributed by atoms with Crippen molar-refractivity contribution in [2.75, 3.05) is 13.7 Å². The molecule has 0 radical (unpaired) electrons. The zero-order chi connectivity index (χ0) is 14.2. The molecule has 1 aromatic rings. The minimum atomic E-state index is -0.821. The number of nitrogens with one attached hydrogen (secondary N) is 1. The van der Waals surface area contributed by atoms with Gasteiger partial charge in [-0.3, -0.25) is 4.79 Å². The van der Waals surface area contributed by atoms with Crippen LogP contribution in [0, 0.1) is 12.8 Å². The van der Waals surface area contributed by atoms with Crippen LogP contribution in [0.1, 0.15) is 23.6 Å². The molecule has 0 spiro atoms. The molecule has 2 unspecified atom stereocenters. The molecule has 1 saturated heterocycles. The van der Waals surface area contributed by atoms with Crippen LogP contribution < -0.4 is 10.1 Å². The van der Waals surface area contributed by atoms with Gasteiger partial charge in [0.25, 0.3) is 0 Å². The van der Waals surface area contributed by atoms with Gasteiger partial charge in [0.05, 0.1) is 13.0 Å². The van der Waals surface area contributed by atoms with E-state index in [-0.39, 0.29) is 11.8 Å². The lowest BCUT2D eigenvalue weighted by Crippen LogP contribution is -2.18. The van der Waals surface area contributed by atoms with Crippen molar-refractivity contribution in [3.8, 4) is 11.5 Å². The van der Waals surface area contributed by atoms with Crippen molar-refractivity contribution in [2.24, 2.45) is 5.92 Å². The van der Waals surface area contributed by atoms with Crippen LogP contribution in [0.4, 0.5) is 0 Å². The Hall–Kier alpha value is -1.46. The van der Waals surface area contributed by atoms with Crippen LogP contribution in [0.2, 0.25) is 5.02 Å². The molecule has 6 heteroatoms. The number of aliphatic carboxylic acids is 1. The van der Waals surface area contributed by atoms with Crippen molar-refractivity contribution < 1.29 is 19.7 Å². The maximum atomic E-state index is 11.0. The summed E-state index contributed by atoms with van der Waals surface area (Å²) >= 11 is 6.07. The van der Waals surface area contributed by atoms with Gasteiger partial charge in [-0.1, -0.05) is 11.6 Å². The van der Waals surface area contributed by atoms with Crippen LogP contribution in [0.25, 0.3) is 0 Å². The highest BCUT2D eigenvalue weighted by atomic mass is 35.5. The van der Waals surface area contributed by atoms with E-state index in [1.165, 1.54) is 13.2 Å². The summed E-state index contributed by atoms with van der Waals surface area (Å²) in [6.45, 7) is 2.23. The Morgan fingerprint density at radius 3 is 2.79 bits per heavy atom. The number of benzene rings is 1. The Labute approximate surface area is 116 Å². The first-order valence-electron chi connectivity index (χ1n) is 5.97. The van der Waals surface area contributed by atoms with Crippen LogP contribution in [0.15, 0.2) is 6.07 Å². The molecule has 3 N–H and O–H groups in total. The highest BCUT2D eigenvalue weighted by Gasteiger charge is 2.33. The summed E-state index contributed by atoms with van der Waals surface area (Å²) in [6.07, 6.45) is 0.451. The summed E-state index contributed by atoms with van der Waals surface area (Å²) in [7, 11) is 1.47. The molecule has 0 bridgehead atoms. The van der Waals surface area contributed by atoms with Crippen LogP contribution in [-0.4, -0.2) is 29.8 Å². The second-order valence-electron chi connectivity index (χ2n) is 4.68. The number of phenols is 1. The first-order valence-corrected chi connectivity index (χ1v) is 6.35. The van der Waals surface area contributed by atoms with E-state index in [0.717, 1.165) is 11.1 Å².